The maximum Gasteiger partial charge on any atom is 0.427 e. The normalized spacial score (nSPS) is 14.0. The molecule has 0 saturated carbocycles. The van der Waals surface area contributed by atoms with Gasteiger partial charge in [0, 0.05) is 5.57 Å². The Morgan fingerprint density at radius 2 is 1.81 bits per heavy atom. The van der Waals surface area contributed by atoms with Crippen molar-refractivity contribution in [2.75, 3.05) is 0 Å². The minimum Gasteiger partial charge on any atom is -0.411 e. The van der Waals surface area contributed by atoms with E-state index in [1.807, 2.05) is 0 Å². The Balaban J connectivity index is 3.31. The van der Waals surface area contributed by atoms with Gasteiger partial charge >= 0.3 is 6.18 Å². The van der Waals surface area contributed by atoms with Gasteiger partial charge in [-0.1, -0.05) is 47.1 Å². The van der Waals surface area contributed by atoms with Gasteiger partial charge in [-0.3, -0.25) is 0 Å². The fourth-order valence-corrected chi connectivity index (χ4v) is 1.24. The molecule has 0 aliphatic rings. The highest BCUT2D eigenvalue weighted by atomic mass is 35.5. The van der Waals surface area contributed by atoms with Crippen LogP contribution in [0.25, 0.3) is 5.57 Å². The second kappa shape index (κ2) is 5.03. The van der Waals surface area contributed by atoms with Crippen molar-refractivity contribution in [1.29, 1.82) is 0 Å². The summed E-state index contributed by atoms with van der Waals surface area (Å²) in [6.07, 6.45) is -4.01. The quantitative estimate of drug-likeness (QED) is 0.484. The van der Waals surface area contributed by atoms with Crippen molar-refractivity contribution < 1.29 is 18.4 Å². The number of alkyl halides is 3. The fraction of sp³-hybridized carbons (Fsp3) is 0.100. The Bertz CT molecular complexity index is 412. The maximum absolute atomic E-state index is 12.4. The molecule has 1 aromatic rings. The predicted molar refractivity (Wildman–Crippen MR) is 55.5 cm³/mol. The van der Waals surface area contributed by atoms with Crippen LogP contribution in [0.4, 0.5) is 13.2 Å². The zero-order chi connectivity index (χ0) is 12.2. The molecule has 1 rings (SSSR count). The molecule has 0 bridgehead atoms. The lowest BCUT2D eigenvalue weighted by atomic mass is 10.1. The first-order valence-corrected chi connectivity index (χ1v) is 4.54. The van der Waals surface area contributed by atoms with Crippen molar-refractivity contribution in [2.24, 2.45) is 5.16 Å². The molecule has 0 aliphatic heterocycles. The van der Waals surface area contributed by atoms with Crippen molar-refractivity contribution in [1.82, 2.24) is 0 Å². The summed E-state index contributed by atoms with van der Waals surface area (Å²) in [6, 6.07) is 7.64. The SMILES string of the molecule is O/N=C\C(=C(Cl)C(F)(F)F)c1ccccc1. The van der Waals surface area contributed by atoms with Gasteiger partial charge in [0.25, 0.3) is 0 Å². The highest BCUT2D eigenvalue weighted by Crippen LogP contribution is 2.34. The van der Waals surface area contributed by atoms with Crippen molar-refractivity contribution in [2.45, 2.75) is 6.18 Å². The molecule has 16 heavy (non-hydrogen) atoms. The van der Waals surface area contributed by atoms with Crippen LogP contribution in [0.2, 0.25) is 0 Å². The Kier molecular flexibility index (Phi) is 3.95. The topological polar surface area (TPSA) is 32.6 Å². The summed E-state index contributed by atoms with van der Waals surface area (Å²) in [5, 5.41) is 9.58. The molecule has 0 radical (unpaired) electrons. The lowest BCUT2D eigenvalue weighted by Crippen LogP contribution is -2.10. The highest BCUT2D eigenvalue weighted by molar-refractivity contribution is 6.37. The standard InChI is InChI=1S/C10H7ClF3NO/c11-9(10(12,13)14)8(6-15-16)7-4-2-1-3-5-7/h1-6,16H/b9-8?,15-6-. The lowest BCUT2D eigenvalue weighted by molar-refractivity contribution is -0.0838. The molecule has 1 aromatic carbocycles. The number of allylic oxidation sites excluding steroid dienone is 2. The fourth-order valence-electron chi connectivity index (χ4n) is 1.09. The number of halogens is 4. The van der Waals surface area contributed by atoms with E-state index < -0.39 is 11.2 Å². The summed E-state index contributed by atoms with van der Waals surface area (Å²) in [4.78, 5) is 0. The van der Waals surface area contributed by atoms with E-state index in [4.69, 9.17) is 16.8 Å². The average Bonchev–Trinajstić information content (AvgIpc) is 2.25. The lowest BCUT2D eigenvalue weighted by Gasteiger charge is -2.09. The van der Waals surface area contributed by atoms with E-state index in [-0.39, 0.29) is 11.1 Å². The summed E-state index contributed by atoms with van der Waals surface area (Å²) < 4.78 is 37.1. The van der Waals surface area contributed by atoms with Crippen LogP contribution in [0.15, 0.2) is 40.5 Å². The summed E-state index contributed by atoms with van der Waals surface area (Å²) in [7, 11) is 0. The van der Waals surface area contributed by atoms with Gasteiger partial charge in [0.1, 0.15) is 5.03 Å². The number of rotatable bonds is 2. The van der Waals surface area contributed by atoms with E-state index in [0.717, 1.165) is 0 Å². The molecule has 86 valence electrons. The molecule has 0 aliphatic carbocycles. The summed E-state index contributed by atoms with van der Waals surface area (Å²) in [5.74, 6) is 0. The van der Waals surface area contributed by atoms with Gasteiger partial charge < -0.3 is 5.21 Å². The van der Waals surface area contributed by atoms with Gasteiger partial charge in [0.15, 0.2) is 0 Å². The van der Waals surface area contributed by atoms with Gasteiger partial charge in [-0.2, -0.15) is 13.2 Å². The van der Waals surface area contributed by atoms with Crippen LogP contribution in [-0.4, -0.2) is 17.6 Å². The smallest absolute Gasteiger partial charge is 0.411 e. The number of hydrogen-bond acceptors (Lipinski definition) is 2. The number of nitrogens with zero attached hydrogens (tertiary/aromatic N) is 1. The third-order valence-electron chi connectivity index (χ3n) is 1.76. The van der Waals surface area contributed by atoms with E-state index in [0.29, 0.717) is 6.21 Å². The van der Waals surface area contributed by atoms with E-state index in [9.17, 15) is 13.2 Å². The predicted octanol–water partition coefficient (Wildman–Crippen LogP) is 3.66. The summed E-state index contributed by atoms with van der Waals surface area (Å²) in [6.45, 7) is 0. The first-order chi connectivity index (χ1) is 7.46. The number of hydrogen-bond donors (Lipinski definition) is 1. The minimum atomic E-state index is -4.67. The van der Waals surface area contributed by atoms with Gasteiger partial charge in [-0.15, -0.1) is 0 Å². The van der Waals surface area contributed by atoms with Crippen LogP contribution in [0, 0.1) is 0 Å². The number of benzene rings is 1. The third-order valence-corrected chi connectivity index (χ3v) is 2.17. The van der Waals surface area contributed by atoms with Crippen LogP contribution < -0.4 is 0 Å². The van der Waals surface area contributed by atoms with Crippen molar-refractivity contribution in [3.05, 3.63) is 40.9 Å². The first-order valence-electron chi connectivity index (χ1n) is 4.16. The van der Waals surface area contributed by atoms with Crippen LogP contribution in [0.5, 0.6) is 0 Å². The van der Waals surface area contributed by atoms with E-state index >= 15 is 0 Å². The maximum atomic E-state index is 12.4. The molecule has 0 heterocycles. The zero-order valence-corrected chi connectivity index (χ0v) is 8.63. The van der Waals surface area contributed by atoms with Crippen molar-refractivity contribution in [3.63, 3.8) is 0 Å². The molecule has 6 heteroatoms. The van der Waals surface area contributed by atoms with Crippen LogP contribution in [-0.2, 0) is 0 Å². The molecule has 0 aromatic heterocycles. The second-order valence-corrected chi connectivity index (χ2v) is 3.21. The molecule has 1 N–H and O–H groups in total. The van der Waals surface area contributed by atoms with Crippen LogP contribution >= 0.6 is 11.6 Å². The zero-order valence-electron chi connectivity index (χ0n) is 7.87. The molecular weight excluding hydrogens is 243 g/mol. The first kappa shape index (κ1) is 12.6. The second-order valence-electron chi connectivity index (χ2n) is 2.84. The van der Waals surface area contributed by atoms with Crippen LogP contribution in [0.3, 0.4) is 0 Å². The molecule has 0 atom stereocenters. The van der Waals surface area contributed by atoms with Crippen molar-refractivity contribution >= 4 is 23.4 Å². The summed E-state index contributed by atoms with van der Waals surface area (Å²) >= 11 is 5.19. The Hall–Kier alpha value is -1.49. The van der Waals surface area contributed by atoms with E-state index in [1.165, 1.54) is 12.1 Å². The van der Waals surface area contributed by atoms with Gasteiger partial charge in [-0.05, 0) is 5.56 Å². The van der Waals surface area contributed by atoms with Crippen LogP contribution in [0.1, 0.15) is 5.56 Å². The molecule has 0 spiro atoms. The van der Waals surface area contributed by atoms with E-state index in [2.05, 4.69) is 5.16 Å². The molecule has 0 unspecified atom stereocenters. The molecule has 2 nitrogen and oxygen atoms in total. The molecule has 0 amide bonds. The summed E-state index contributed by atoms with van der Waals surface area (Å²) in [5.41, 5.74) is -0.153. The van der Waals surface area contributed by atoms with E-state index in [1.54, 1.807) is 18.2 Å². The van der Waals surface area contributed by atoms with Gasteiger partial charge in [0.05, 0.1) is 6.21 Å². The minimum absolute atomic E-state index is 0.225. The monoisotopic (exact) mass is 249 g/mol. The molecular formula is C10H7ClF3NO. The molecule has 0 saturated heterocycles. The largest absolute Gasteiger partial charge is 0.427 e. The van der Waals surface area contributed by atoms with Crippen molar-refractivity contribution in [3.8, 4) is 0 Å². The molecule has 0 fully saturated rings. The Labute approximate surface area is 94.6 Å². The third kappa shape index (κ3) is 3.00. The van der Waals surface area contributed by atoms with Gasteiger partial charge in [0.2, 0.25) is 0 Å². The highest BCUT2D eigenvalue weighted by Gasteiger charge is 2.35. The Morgan fingerprint density at radius 1 is 1.25 bits per heavy atom. The Morgan fingerprint density at radius 3 is 2.25 bits per heavy atom. The number of oxime groups is 1. The van der Waals surface area contributed by atoms with Gasteiger partial charge in [-0.25, -0.2) is 0 Å². The average molecular weight is 250 g/mol.